The van der Waals surface area contributed by atoms with E-state index in [1.807, 2.05) is 24.3 Å². The summed E-state index contributed by atoms with van der Waals surface area (Å²) in [4.78, 5) is 11.3. The van der Waals surface area contributed by atoms with Crippen LogP contribution < -0.4 is 9.88 Å². The van der Waals surface area contributed by atoms with Gasteiger partial charge in [0, 0.05) is 21.7 Å². The highest BCUT2D eigenvalue weighted by molar-refractivity contribution is 9.08. The normalized spacial score (nSPS) is 10.3. The van der Waals surface area contributed by atoms with E-state index < -0.39 is 0 Å². The number of halogens is 1. The molecule has 0 aliphatic rings. The summed E-state index contributed by atoms with van der Waals surface area (Å²) in [6.45, 7) is 4.24. The second kappa shape index (κ2) is 5.12. The van der Waals surface area contributed by atoms with Gasteiger partial charge in [0.15, 0.2) is 0 Å². The molecule has 0 aromatic heterocycles. The molecule has 0 saturated heterocycles. The number of hydrogen-bond acceptors (Lipinski definition) is 2. The molecule has 1 aromatic carbocycles. The Morgan fingerprint density at radius 1 is 1.29 bits per heavy atom. The van der Waals surface area contributed by atoms with Crippen molar-refractivity contribution in [3.63, 3.8) is 0 Å². The van der Waals surface area contributed by atoms with Gasteiger partial charge < -0.3 is 0 Å². The van der Waals surface area contributed by atoms with Gasteiger partial charge >= 0.3 is 0 Å². The Balaban J connectivity index is 2.78. The van der Waals surface area contributed by atoms with Gasteiger partial charge in [-0.2, -0.15) is 4.45 Å². The molecule has 76 valence electrons. The number of hydrazine groups is 1. The van der Waals surface area contributed by atoms with Crippen LogP contribution in [0.1, 0.15) is 35.7 Å². The number of nitrogens with one attached hydrogen (secondary N) is 2. The minimum atomic E-state index is -0.155. The smallest absolute Gasteiger partial charge is 0.266 e. The summed E-state index contributed by atoms with van der Waals surface area (Å²) in [7, 11) is 0. The fourth-order valence-electron chi connectivity index (χ4n) is 1.13. The molecule has 0 atom stereocenters. The quantitative estimate of drug-likeness (QED) is 0.644. The minimum Gasteiger partial charge on any atom is -0.277 e. The lowest BCUT2D eigenvalue weighted by atomic mass is 10.0. The van der Waals surface area contributed by atoms with Gasteiger partial charge in [-0.3, -0.25) is 10.2 Å². The zero-order chi connectivity index (χ0) is 10.6. The zero-order valence-corrected chi connectivity index (χ0v) is 9.76. The van der Waals surface area contributed by atoms with Crippen molar-refractivity contribution in [2.24, 2.45) is 0 Å². The molecule has 1 rings (SSSR count). The van der Waals surface area contributed by atoms with E-state index in [0.29, 0.717) is 11.5 Å². The first-order valence-electron chi connectivity index (χ1n) is 4.41. The average molecular weight is 257 g/mol. The summed E-state index contributed by atoms with van der Waals surface area (Å²) in [5.41, 5.74) is 4.31. The topological polar surface area (TPSA) is 41.1 Å². The second-order valence-corrected chi connectivity index (χ2v) is 3.72. The van der Waals surface area contributed by atoms with E-state index >= 15 is 0 Å². The Kier molecular flexibility index (Phi) is 4.10. The number of hydrogen-bond donors (Lipinski definition) is 2. The summed E-state index contributed by atoms with van der Waals surface area (Å²) in [5.74, 6) is 0.332. The number of rotatable bonds is 3. The predicted molar refractivity (Wildman–Crippen MR) is 60.1 cm³/mol. The summed E-state index contributed by atoms with van der Waals surface area (Å²) in [5, 5.41) is 0. The molecule has 0 spiro atoms. The predicted octanol–water partition coefficient (Wildman–Crippen LogP) is 2.35. The maximum absolute atomic E-state index is 11.3. The van der Waals surface area contributed by atoms with Gasteiger partial charge in [0.1, 0.15) is 0 Å². The van der Waals surface area contributed by atoms with Crippen LogP contribution in [0.3, 0.4) is 0 Å². The van der Waals surface area contributed by atoms with Crippen LogP contribution in [0.5, 0.6) is 0 Å². The first-order valence-corrected chi connectivity index (χ1v) is 5.20. The van der Waals surface area contributed by atoms with E-state index in [1.54, 1.807) is 0 Å². The van der Waals surface area contributed by atoms with Crippen LogP contribution in [0, 0.1) is 0 Å². The molecular weight excluding hydrogens is 244 g/mol. The van der Waals surface area contributed by atoms with Gasteiger partial charge in [-0.05, 0) is 23.6 Å². The van der Waals surface area contributed by atoms with Crippen LogP contribution in [0.2, 0.25) is 0 Å². The maximum atomic E-state index is 11.3. The molecule has 1 amide bonds. The van der Waals surface area contributed by atoms with Crippen molar-refractivity contribution in [2.45, 2.75) is 19.8 Å². The molecule has 4 heteroatoms. The summed E-state index contributed by atoms with van der Waals surface area (Å²) >= 11 is 2.90. The highest BCUT2D eigenvalue weighted by atomic mass is 79.9. The SMILES string of the molecule is CC(C)c1ccc(C(=O)NNBr)cc1. The molecule has 0 fully saturated rings. The first-order chi connectivity index (χ1) is 6.65. The van der Waals surface area contributed by atoms with Crippen molar-refractivity contribution in [3.05, 3.63) is 35.4 Å². The van der Waals surface area contributed by atoms with Gasteiger partial charge in [0.05, 0.1) is 0 Å². The molecule has 0 unspecified atom stereocenters. The van der Waals surface area contributed by atoms with Crippen LogP contribution in [0.15, 0.2) is 24.3 Å². The Morgan fingerprint density at radius 2 is 1.86 bits per heavy atom. The Hall–Kier alpha value is -0.870. The highest BCUT2D eigenvalue weighted by Gasteiger charge is 2.04. The Morgan fingerprint density at radius 3 is 2.29 bits per heavy atom. The molecule has 0 saturated carbocycles. The van der Waals surface area contributed by atoms with Crippen LogP contribution >= 0.6 is 16.1 Å². The van der Waals surface area contributed by atoms with E-state index in [9.17, 15) is 4.79 Å². The number of benzene rings is 1. The van der Waals surface area contributed by atoms with Crippen molar-refractivity contribution in [2.75, 3.05) is 0 Å². The average Bonchev–Trinajstić information content (AvgIpc) is 2.18. The molecule has 0 radical (unpaired) electrons. The van der Waals surface area contributed by atoms with Crippen molar-refractivity contribution in [1.29, 1.82) is 0 Å². The van der Waals surface area contributed by atoms with Crippen molar-refractivity contribution in [3.8, 4) is 0 Å². The minimum absolute atomic E-state index is 0.155. The van der Waals surface area contributed by atoms with Gasteiger partial charge in [-0.1, -0.05) is 26.0 Å². The van der Waals surface area contributed by atoms with Crippen molar-refractivity contribution < 1.29 is 4.79 Å². The zero-order valence-electron chi connectivity index (χ0n) is 8.17. The fourth-order valence-corrected chi connectivity index (χ4v) is 1.31. The number of carbonyl (C=O) groups is 1. The second-order valence-electron chi connectivity index (χ2n) is 3.33. The molecule has 2 N–H and O–H groups in total. The highest BCUT2D eigenvalue weighted by Crippen LogP contribution is 2.14. The van der Waals surface area contributed by atoms with Crippen LogP contribution in [0.4, 0.5) is 0 Å². The lowest BCUT2D eigenvalue weighted by Gasteiger charge is -2.06. The lowest BCUT2D eigenvalue weighted by molar-refractivity contribution is 0.0948. The monoisotopic (exact) mass is 256 g/mol. The summed E-state index contributed by atoms with van der Waals surface area (Å²) < 4.78 is 2.42. The molecule has 14 heavy (non-hydrogen) atoms. The molecule has 3 nitrogen and oxygen atoms in total. The standard InChI is InChI=1S/C10H13BrN2O/c1-7(2)8-3-5-9(6-4-8)10(14)12-13-11/h3-7,13H,1-2H3,(H,12,14). The molecule has 0 aliphatic carbocycles. The summed E-state index contributed by atoms with van der Waals surface area (Å²) in [6.07, 6.45) is 0. The van der Waals surface area contributed by atoms with Gasteiger partial charge in [0.2, 0.25) is 0 Å². The van der Waals surface area contributed by atoms with Crippen molar-refractivity contribution >= 4 is 22.1 Å². The Bertz CT molecular complexity index is 308. The van der Waals surface area contributed by atoms with E-state index in [1.165, 1.54) is 5.56 Å². The molecule has 1 aromatic rings. The van der Waals surface area contributed by atoms with E-state index in [4.69, 9.17) is 0 Å². The third-order valence-electron chi connectivity index (χ3n) is 2.00. The first kappa shape index (κ1) is 11.2. The van der Waals surface area contributed by atoms with E-state index in [0.717, 1.165) is 0 Å². The third kappa shape index (κ3) is 2.82. The molecule has 0 heterocycles. The lowest BCUT2D eigenvalue weighted by Crippen LogP contribution is -2.30. The maximum Gasteiger partial charge on any atom is 0.266 e. The van der Waals surface area contributed by atoms with Crippen LogP contribution in [-0.4, -0.2) is 5.91 Å². The van der Waals surface area contributed by atoms with Crippen molar-refractivity contribution in [1.82, 2.24) is 9.88 Å². The molecular formula is C10H13BrN2O. The Labute approximate surface area is 92.2 Å². The summed E-state index contributed by atoms with van der Waals surface area (Å²) in [6, 6.07) is 7.56. The third-order valence-corrected chi connectivity index (χ3v) is 2.20. The van der Waals surface area contributed by atoms with Gasteiger partial charge in [0.25, 0.3) is 5.91 Å². The van der Waals surface area contributed by atoms with E-state index in [2.05, 4.69) is 39.9 Å². The van der Waals surface area contributed by atoms with Crippen LogP contribution in [-0.2, 0) is 0 Å². The van der Waals surface area contributed by atoms with Gasteiger partial charge in [-0.25, -0.2) is 0 Å². The van der Waals surface area contributed by atoms with E-state index in [-0.39, 0.29) is 5.91 Å². The molecule has 0 bridgehead atoms. The largest absolute Gasteiger partial charge is 0.277 e. The number of amides is 1. The number of carbonyl (C=O) groups excluding carboxylic acids is 1. The van der Waals surface area contributed by atoms with Gasteiger partial charge in [-0.15, -0.1) is 0 Å². The molecule has 0 aliphatic heterocycles. The fraction of sp³-hybridized carbons (Fsp3) is 0.300. The van der Waals surface area contributed by atoms with Crippen LogP contribution in [0.25, 0.3) is 0 Å².